The minimum Gasteiger partial charge on any atom is -0.360 e. The van der Waals surface area contributed by atoms with Crippen LogP contribution in [0.25, 0.3) is 16.7 Å². The van der Waals surface area contributed by atoms with Crippen molar-refractivity contribution in [1.29, 1.82) is 0 Å². The SMILES string of the molecule is Cc1noc(C)c1S(=O)(=O)N1CCCN(C(=O)c2ccc3c(c2)nc(C)n3-c2ccccc2)CC1. The molecule has 0 bridgehead atoms. The maximum absolute atomic E-state index is 13.3. The highest BCUT2D eigenvalue weighted by Gasteiger charge is 2.33. The second-order valence-electron chi connectivity index (χ2n) is 8.74. The fraction of sp³-hybridized carbons (Fsp3) is 0.320. The molecule has 4 aromatic rings. The van der Waals surface area contributed by atoms with Gasteiger partial charge in [0.15, 0.2) is 5.76 Å². The van der Waals surface area contributed by atoms with E-state index in [1.54, 1.807) is 18.7 Å². The molecule has 0 N–H and O–H groups in total. The van der Waals surface area contributed by atoms with Gasteiger partial charge in [-0.3, -0.25) is 9.36 Å². The van der Waals surface area contributed by atoms with E-state index in [0.29, 0.717) is 37.3 Å². The fourth-order valence-electron chi connectivity index (χ4n) is 4.73. The molecule has 0 spiro atoms. The molecule has 1 fully saturated rings. The number of nitrogens with zero attached hydrogens (tertiary/aromatic N) is 5. The molecule has 0 radical (unpaired) electrons. The van der Waals surface area contributed by atoms with E-state index in [-0.39, 0.29) is 23.1 Å². The monoisotopic (exact) mass is 493 g/mol. The Balaban J connectivity index is 1.37. The van der Waals surface area contributed by atoms with Gasteiger partial charge in [0.1, 0.15) is 16.4 Å². The lowest BCUT2D eigenvalue weighted by Gasteiger charge is -2.22. The Morgan fingerprint density at radius 1 is 0.971 bits per heavy atom. The summed E-state index contributed by atoms with van der Waals surface area (Å²) in [7, 11) is -3.75. The van der Waals surface area contributed by atoms with Crippen LogP contribution in [0.2, 0.25) is 0 Å². The van der Waals surface area contributed by atoms with Crippen LogP contribution in [0.15, 0.2) is 57.9 Å². The molecular weight excluding hydrogens is 466 g/mol. The van der Waals surface area contributed by atoms with E-state index in [1.807, 2.05) is 55.5 Å². The van der Waals surface area contributed by atoms with Crippen molar-refractivity contribution in [3.63, 3.8) is 0 Å². The number of hydrogen-bond donors (Lipinski definition) is 0. The zero-order valence-electron chi connectivity index (χ0n) is 19.9. The quantitative estimate of drug-likeness (QED) is 0.431. The molecule has 0 saturated carbocycles. The fourth-order valence-corrected chi connectivity index (χ4v) is 6.49. The summed E-state index contributed by atoms with van der Waals surface area (Å²) in [6.45, 7) is 6.47. The predicted molar refractivity (Wildman–Crippen MR) is 131 cm³/mol. The van der Waals surface area contributed by atoms with Crippen LogP contribution < -0.4 is 0 Å². The molecule has 0 atom stereocenters. The van der Waals surface area contributed by atoms with Crippen molar-refractivity contribution in [3.8, 4) is 5.69 Å². The third kappa shape index (κ3) is 4.12. The van der Waals surface area contributed by atoms with Crippen LogP contribution in [0.4, 0.5) is 0 Å². The van der Waals surface area contributed by atoms with E-state index >= 15 is 0 Å². The van der Waals surface area contributed by atoms with Crippen molar-refractivity contribution in [2.45, 2.75) is 32.1 Å². The van der Waals surface area contributed by atoms with Gasteiger partial charge < -0.3 is 9.42 Å². The highest BCUT2D eigenvalue weighted by Crippen LogP contribution is 2.26. The van der Waals surface area contributed by atoms with Crippen LogP contribution in [0.3, 0.4) is 0 Å². The molecule has 1 aliphatic heterocycles. The average Bonchev–Trinajstić information content (AvgIpc) is 3.23. The summed E-state index contributed by atoms with van der Waals surface area (Å²) in [6.07, 6.45) is 0.540. The van der Waals surface area contributed by atoms with Gasteiger partial charge in [-0.05, 0) is 57.5 Å². The number of aryl methyl sites for hydroxylation is 3. The van der Waals surface area contributed by atoms with Gasteiger partial charge in [0.25, 0.3) is 5.91 Å². The Morgan fingerprint density at radius 3 is 2.46 bits per heavy atom. The molecule has 2 aromatic heterocycles. The Hall–Kier alpha value is -3.50. The van der Waals surface area contributed by atoms with Gasteiger partial charge in [-0.1, -0.05) is 23.4 Å². The van der Waals surface area contributed by atoms with Gasteiger partial charge in [-0.2, -0.15) is 4.31 Å². The lowest BCUT2D eigenvalue weighted by molar-refractivity contribution is 0.0764. The first-order chi connectivity index (χ1) is 16.8. The van der Waals surface area contributed by atoms with Crippen molar-refractivity contribution in [3.05, 3.63) is 71.4 Å². The second kappa shape index (κ2) is 8.94. The largest absolute Gasteiger partial charge is 0.360 e. The minimum absolute atomic E-state index is 0.118. The lowest BCUT2D eigenvalue weighted by Crippen LogP contribution is -2.37. The van der Waals surface area contributed by atoms with Crippen molar-refractivity contribution >= 4 is 27.0 Å². The topological polar surface area (TPSA) is 102 Å². The Bertz CT molecular complexity index is 1490. The van der Waals surface area contributed by atoms with Crippen molar-refractivity contribution in [1.82, 2.24) is 23.9 Å². The van der Waals surface area contributed by atoms with E-state index in [0.717, 1.165) is 22.5 Å². The van der Waals surface area contributed by atoms with Gasteiger partial charge in [0, 0.05) is 37.4 Å². The summed E-state index contributed by atoms with van der Waals surface area (Å²) in [5, 5.41) is 3.78. The van der Waals surface area contributed by atoms with Crippen molar-refractivity contribution < 1.29 is 17.7 Å². The standard InChI is InChI=1S/C25H27N5O4S/c1-17-24(18(2)34-27-17)35(32,33)29-13-7-12-28(14-15-29)25(31)20-10-11-23-22(16-20)26-19(3)30(23)21-8-5-4-6-9-21/h4-6,8-11,16H,7,12-15H2,1-3H3. The van der Waals surface area contributed by atoms with E-state index in [9.17, 15) is 13.2 Å². The number of sulfonamides is 1. The van der Waals surface area contributed by atoms with E-state index < -0.39 is 10.0 Å². The molecule has 2 aromatic carbocycles. The number of carbonyl (C=O) groups excluding carboxylic acids is 1. The summed E-state index contributed by atoms with van der Waals surface area (Å²) in [6, 6.07) is 15.5. The molecule has 10 heteroatoms. The smallest absolute Gasteiger partial charge is 0.253 e. The van der Waals surface area contributed by atoms with Crippen molar-refractivity contribution in [2.75, 3.05) is 26.2 Å². The summed E-state index contributed by atoms with van der Waals surface area (Å²) >= 11 is 0. The second-order valence-corrected chi connectivity index (χ2v) is 10.6. The van der Waals surface area contributed by atoms with Crippen LogP contribution >= 0.6 is 0 Å². The number of rotatable bonds is 4. The first-order valence-electron chi connectivity index (χ1n) is 11.5. The predicted octanol–water partition coefficient (Wildman–Crippen LogP) is 3.48. The molecule has 1 aliphatic rings. The number of amides is 1. The van der Waals surface area contributed by atoms with Crippen LogP contribution in [-0.2, 0) is 10.0 Å². The highest BCUT2D eigenvalue weighted by molar-refractivity contribution is 7.89. The van der Waals surface area contributed by atoms with Crippen LogP contribution in [-0.4, -0.2) is 64.4 Å². The van der Waals surface area contributed by atoms with E-state index in [2.05, 4.69) is 14.7 Å². The van der Waals surface area contributed by atoms with Crippen LogP contribution in [0, 0.1) is 20.8 Å². The Labute approximate surface area is 204 Å². The summed E-state index contributed by atoms with van der Waals surface area (Å²) in [5.74, 6) is 0.986. The normalized spacial score (nSPS) is 15.5. The zero-order valence-corrected chi connectivity index (χ0v) is 20.7. The maximum Gasteiger partial charge on any atom is 0.253 e. The minimum atomic E-state index is -3.75. The third-order valence-electron chi connectivity index (χ3n) is 6.39. The Morgan fingerprint density at radius 2 is 1.74 bits per heavy atom. The highest BCUT2D eigenvalue weighted by atomic mass is 32.2. The lowest BCUT2D eigenvalue weighted by atomic mass is 10.1. The number of fused-ring (bicyclic) bond motifs is 1. The average molecular weight is 494 g/mol. The molecule has 0 unspecified atom stereocenters. The van der Waals surface area contributed by atoms with Gasteiger partial charge >= 0.3 is 0 Å². The van der Waals surface area contributed by atoms with Crippen molar-refractivity contribution in [2.24, 2.45) is 0 Å². The number of imidazole rings is 1. The molecule has 35 heavy (non-hydrogen) atoms. The zero-order chi connectivity index (χ0) is 24.7. The molecule has 5 rings (SSSR count). The number of carbonyl (C=O) groups is 1. The number of benzene rings is 2. The Kier molecular flexibility index (Phi) is 5.94. The maximum atomic E-state index is 13.3. The van der Waals surface area contributed by atoms with Gasteiger partial charge in [-0.25, -0.2) is 13.4 Å². The summed E-state index contributed by atoms with van der Waals surface area (Å²) < 4.78 is 34.9. The molecule has 1 amide bonds. The van der Waals surface area contributed by atoms with Gasteiger partial charge in [-0.15, -0.1) is 0 Å². The summed E-state index contributed by atoms with van der Waals surface area (Å²) in [4.78, 5) is 19.9. The first kappa shape index (κ1) is 23.3. The van der Waals surface area contributed by atoms with Crippen LogP contribution in [0.5, 0.6) is 0 Å². The molecule has 3 heterocycles. The summed E-state index contributed by atoms with van der Waals surface area (Å²) in [5.41, 5.74) is 3.57. The first-order valence-corrected chi connectivity index (χ1v) is 13.0. The van der Waals surface area contributed by atoms with Crippen LogP contribution in [0.1, 0.15) is 34.1 Å². The van der Waals surface area contributed by atoms with Gasteiger partial charge in [0.2, 0.25) is 10.0 Å². The number of aromatic nitrogens is 3. The molecule has 9 nitrogen and oxygen atoms in total. The van der Waals surface area contributed by atoms with E-state index in [1.165, 1.54) is 4.31 Å². The molecular formula is C25H27N5O4S. The molecule has 0 aliphatic carbocycles. The van der Waals surface area contributed by atoms with Gasteiger partial charge in [0.05, 0.1) is 11.0 Å². The third-order valence-corrected chi connectivity index (χ3v) is 8.54. The molecule has 1 saturated heterocycles. The van der Waals surface area contributed by atoms with E-state index in [4.69, 9.17) is 4.52 Å². The molecule has 182 valence electrons. The number of hydrogen-bond acceptors (Lipinski definition) is 6. The number of para-hydroxylation sites is 1.